The SMILES string of the molecule is COC(=O)C1CC(Oc2ccccc2F)CN1C(=O)Cn1cnc2ccccc2c1=O. The van der Waals surface area contributed by atoms with Gasteiger partial charge in [0.1, 0.15) is 18.7 Å². The van der Waals surface area contributed by atoms with Crippen molar-refractivity contribution in [2.75, 3.05) is 13.7 Å². The Bertz CT molecular complexity index is 1190. The van der Waals surface area contributed by atoms with Crippen LogP contribution in [0.15, 0.2) is 59.7 Å². The highest BCUT2D eigenvalue weighted by Gasteiger charge is 2.41. The monoisotopic (exact) mass is 425 g/mol. The number of hydrogen-bond acceptors (Lipinski definition) is 6. The lowest BCUT2D eigenvalue weighted by Crippen LogP contribution is -2.44. The number of fused-ring (bicyclic) bond motifs is 1. The second-order valence-corrected chi connectivity index (χ2v) is 7.19. The van der Waals surface area contributed by atoms with Crippen LogP contribution in [0.4, 0.5) is 4.39 Å². The van der Waals surface area contributed by atoms with Gasteiger partial charge in [-0.3, -0.25) is 14.2 Å². The van der Waals surface area contributed by atoms with Crippen LogP contribution < -0.4 is 10.3 Å². The quantitative estimate of drug-likeness (QED) is 0.579. The first kappa shape index (κ1) is 20.5. The van der Waals surface area contributed by atoms with Gasteiger partial charge in [0.2, 0.25) is 5.91 Å². The Morgan fingerprint density at radius 1 is 1.16 bits per heavy atom. The van der Waals surface area contributed by atoms with Gasteiger partial charge in [0.15, 0.2) is 11.6 Å². The van der Waals surface area contributed by atoms with Crippen molar-refractivity contribution in [3.63, 3.8) is 0 Å². The summed E-state index contributed by atoms with van der Waals surface area (Å²) in [6.45, 7) is -0.237. The van der Waals surface area contributed by atoms with Gasteiger partial charge in [-0.25, -0.2) is 14.2 Å². The van der Waals surface area contributed by atoms with Gasteiger partial charge < -0.3 is 14.4 Å². The molecule has 2 aromatic carbocycles. The van der Waals surface area contributed by atoms with E-state index in [-0.39, 0.29) is 30.8 Å². The lowest BCUT2D eigenvalue weighted by Gasteiger charge is -2.22. The van der Waals surface area contributed by atoms with Crippen LogP contribution >= 0.6 is 0 Å². The molecule has 1 amide bonds. The van der Waals surface area contributed by atoms with Crippen molar-refractivity contribution < 1.29 is 23.5 Å². The molecule has 1 saturated heterocycles. The van der Waals surface area contributed by atoms with Crippen LogP contribution in [-0.2, 0) is 20.9 Å². The third-order valence-electron chi connectivity index (χ3n) is 5.22. The summed E-state index contributed by atoms with van der Waals surface area (Å²) in [7, 11) is 1.23. The van der Waals surface area contributed by atoms with Gasteiger partial charge >= 0.3 is 5.97 Å². The molecule has 160 valence electrons. The second-order valence-electron chi connectivity index (χ2n) is 7.19. The van der Waals surface area contributed by atoms with E-state index >= 15 is 0 Å². The third kappa shape index (κ3) is 4.11. The number of aromatic nitrogens is 2. The van der Waals surface area contributed by atoms with Crippen LogP contribution in [-0.4, -0.2) is 52.1 Å². The number of halogens is 1. The van der Waals surface area contributed by atoms with E-state index in [1.807, 2.05) is 0 Å². The van der Waals surface area contributed by atoms with Gasteiger partial charge in [-0.05, 0) is 24.3 Å². The van der Waals surface area contributed by atoms with Crippen LogP contribution in [0.25, 0.3) is 10.9 Å². The summed E-state index contributed by atoms with van der Waals surface area (Å²) < 4.78 is 25.6. The molecule has 3 aromatic rings. The van der Waals surface area contributed by atoms with E-state index in [2.05, 4.69) is 4.98 Å². The molecule has 1 fully saturated rings. The number of ether oxygens (including phenoxy) is 2. The topological polar surface area (TPSA) is 90.7 Å². The van der Waals surface area contributed by atoms with E-state index in [0.29, 0.717) is 10.9 Å². The lowest BCUT2D eigenvalue weighted by atomic mass is 10.2. The van der Waals surface area contributed by atoms with Crippen molar-refractivity contribution >= 4 is 22.8 Å². The largest absolute Gasteiger partial charge is 0.485 e. The molecular formula is C22H20FN3O5. The van der Waals surface area contributed by atoms with Crippen LogP contribution in [0.5, 0.6) is 5.75 Å². The highest BCUT2D eigenvalue weighted by atomic mass is 19.1. The van der Waals surface area contributed by atoms with Gasteiger partial charge in [-0.2, -0.15) is 0 Å². The summed E-state index contributed by atoms with van der Waals surface area (Å²) in [6, 6.07) is 11.9. The number of amides is 1. The fourth-order valence-electron chi connectivity index (χ4n) is 3.69. The van der Waals surface area contributed by atoms with Gasteiger partial charge in [-0.15, -0.1) is 0 Å². The van der Waals surface area contributed by atoms with Crippen molar-refractivity contribution in [1.29, 1.82) is 0 Å². The molecule has 0 N–H and O–H groups in total. The molecule has 8 nitrogen and oxygen atoms in total. The number of carbonyl (C=O) groups excluding carboxylic acids is 2. The van der Waals surface area contributed by atoms with E-state index < -0.39 is 29.8 Å². The Morgan fingerprint density at radius 2 is 1.90 bits per heavy atom. The molecular weight excluding hydrogens is 405 g/mol. The molecule has 0 saturated carbocycles. The molecule has 2 unspecified atom stereocenters. The summed E-state index contributed by atoms with van der Waals surface area (Å²) in [6.07, 6.45) is 0.855. The van der Waals surface area contributed by atoms with E-state index in [4.69, 9.17) is 9.47 Å². The van der Waals surface area contributed by atoms with Crippen molar-refractivity contribution in [2.24, 2.45) is 0 Å². The first-order chi connectivity index (χ1) is 15.0. The molecule has 2 atom stereocenters. The number of nitrogens with zero attached hydrogens (tertiary/aromatic N) is 3. The Balaban J connectivity index is 1.55. The van der Waals surface area contributed by atoms with E-state index in [1.165, 1.54) is 35.0 Å². The van der Waals surface area contributed by atoms with Gasteiger partial charge in [0.05, 0.1) is 30.9 Å². The van der Waals surface area contributed by atoms with E-state index in [0.717, 1.165) is 0 Å². The van der Waals surface area contributed by atoms with E-state index in [1.54, 1.807) is 36.4 Å². The lowest BCUT2D eigenvalue weighted by molar-refractivity contribution is -0.151. The minimum Gasteiger partial charge on any atom is -0.485 e. The van der Waals surface area contributed by atoms with Gasteiger partial charge in [0, 0.05) is 6.42 Å². The molecule has 0 bridgehead atoms. The normalized spacial score (nSPS) is 18.2. The number of rotatable bonds is 5. The zero-order chi connectivity index (χ0) is 22.0. The maximum atomic E-state index is 13.9. The van der Waals surface area contributed by atoms with Gasteiger partial charge in [-0.1, -0.05) is 24.3 Å². The highest BCUT2D eigenvalue weighted by molar-refractivity contribution is 5.85. The Kier molecular flexibility index (Phi) is 5.66. The van der Waals surface area contributed by atoms with Crippen LogP contribution in [0.3, 0.4) is 0 Å². The van der Waals surface area contributed by atoms with Crippen molar-refractivity contribution in [2.45, 2.75) is 25.1 Å². The fraction of sp³-hybridized carbons (Fsp3) is 0.273. The molecule has 9 heteroatoms. The predicted molar refractivity (Wildman–Crippen MR) is 109 cm³/mol. The molecule has 2 heterocycles. The van der Waals surface area contributed by atoms with Crippen LogP contribution in [0.2, 0.25) is 0 Å². The summed E-state index contributed by atoms with van der Waals surface area (Å²) in [5, 5.41) is 0.393. The molecule has 0 radical (unpaired) electrons. The van der Waals surface area contributed by atoms with Crippen LogP contribution in [0, 0.1) is 5.82 Å². The Labute approximate surface area is 176 Å². The standard InChI is InChI=1S/C22H20FN3O5/c1-30-22(29)18-10-14(31-19-9-5-3-7-16(19)23)11-26(18)20(27)12-25-13-24-17-8-4-2-6-15(17)21(25)28/h2-9,13-14,18H,10-12H2,1H3. The zero-order valence-electron chi connectivity index (χ0n) is 16.7. The number of para-hydroxylation sites is 2. The summed E-state index contributed by atoms with van der Waals surface area (Å²) in [5.74, 6) is -1.55. The number of benzene rings is 2. The molecule has 0 aliphatic carbocycles. The molecule has 0 spiro atoms. The van der Waals surface area contributed by atoms with Crippen molar-refractivity contribution in [1.82, 2.24) is 14.5 Å². The molecule has 31 heavy (non-hydrogen) atoms. The van der Waals surface area contributed by atoms with Crippen molar-refractivity contribution in [3.8, 4) is 5.75 Å². The Morgan fingerprint density at radius 3 is 2.68 bits per heavy atom. The minimum absolute atomic E-state index is 0.0420. The first-order valence-corrected chi connectivity index (χ1v) is 9.70. The van der Waals surface area contributed by atoms with Crippen LogP contribution in [0.1, 0.15) is 6.42 Å². The number of esters is 1. The Hall–Kier alpha value is -3.75. The number of hydrogen-bond donors (Lipinski definition) is 0. The number of likely N-dealkylation sites (tertiary alicyclic amines) is 1. The minimum atomic E-state index is -0.890. The summed E-state index contributed by atoms with van der Waals surface area (Å²) in [5.41, 5.74) is 0.176. The molecule has 4 rings (SSSR count). The average molecular weight is 425 g/mol. The molecule has 1 aliphatic rings. The fourth-order valence-corrected chi connectivity index (χ4v) is 3.69. The van der Waals surface area contributed by atoms with Gasteiger partial charge in [0.25, 0.3) is 5.56 Å². The third-order valence-corrected chi connectivity index (χ3v) is 5.22. The predicted octanol–water partition coefficient (Wildman–Crippen LogP) is 1.76. The number of carbonyl (C=O) groups is 2. The first-order valence-electron chi connectivity index (χ1n) is 9.70. The molecule has 1 aromatic heterocycles. The zero-order valence-corrected chi connectivity index (χ0v) is 16.7. The maximum Gasteiger partial charge on any atom is 0.328 e. The summed E-state index contributed by atoms with van der Waals surface area (Å²) >= 11 is 0. The van der Waals surface area contributed by atoms with E-state index in [9.17, 15) is 18.8 Å². The smallest absolute Gasteiger partial charge is 0.328 e. The maximum absolute atomic E-state index is 13.9. The molecule has 1 aliphatic heterocycles. The average Bonchev–Trinajstić information content (AvgIpc) is 3.21. The summed E-state index contributed by atoms with van der Waals surface area (Å²) in [4.78, 5) is 43.5. The number of methoxy groups -OCH3 is 1. The van der Waals surface area contributed by atoms with Crippen molar-refractivity contribution in [3.05, 3.63) is 71.0 Å². The second kappa shape index (κ2) is 8.55. The highest BCUT2D eigenvalue weighted by Crippen LogP contribution is 2.26.